The fourth-order valence-electron chi connectivity index (χ4n) is 4.93. The molecule has 2 aliphatic heterocycles. The quantitative estimate of drug-likeness (QED) is 0.677. The lowest BCUT2D eigenvalue weighted by Gasteiger charge is -2.42. The Morgan fingerprint density at radius 1 is 1.03 bits per heavy atom. The summed E-state index contributed by atoms with van der Waals surface area (Å²) in [6.07, 6.45) is 2.13. The van der Waals surface area contributed by atoms with Gasteiger partial charge in [0.05, 0.1) is 18.3 Å². The first-order valence-corrected chi connectivity index (χ1v) is 10.2. The molecule has 1 saturated heterocycles. The standard InChI is InChI=1S/C23H18F3N3O3/c24-13-5-3-12(4-6-13)19(15-10-14(25)7-8-16(15)26)20-17-2-1-9-28(17)23(32)21-22(31)18(30)11-27-29(20)21/h3-8,10-11,17,19-20,31H,1-2,9H2/t17-,19-,20-/m1/s1. The number of carbonyl (C=O) groups is 1. The Bertz CT molecular complexity index is 1280. The van der Waals surface area contributed by atoms with Crippen molar-refractivity contribution in [2.45, 2.75) is 30.8 Å². The fourth-order valence-corrected chi connectivity index (χ4v) is 4.93. The minimum absolute atomic E-state index is 0.00810. The van der Waals surface area contributed by atoms with E-state index in [0.29, 0.717) is 24.9 Å². The third-order valence-corrected chi connectivity index (χ3v) is 6.29. The smallest absolute Gasteiger partial charge is 0.276 e. The van der Waals surface area contributed by atoms with E-state index in [9.17, 15) is 23.5 Å². The number of benzene rings is 2. The van der Waals surface area contributed by atoms with Crippen LogP contribution in [0.15, 0.2) is 53.5 Å². The molecule has 6 nitrogen and oxygen atoms in total. The maximum absolute atomic E-state index is 15.0. The molecule has 1 aromatic heterocycles. The van der Waals surface area contributed by atoms with Gasteiger partial charge in [0.1, 0.15) is 17.5 Å². The zero-order valence-corrected chi connectivity index (χ0v) is 16.7. The van der Waals surface area contributed by atoms with Gasteiger partial charge >= 0.3 is 0 Å². The molecule has 0 spiro atoms. The number of amides is 1. The molecule has 2 aliphatic rings. The number of hydrogen-bond donors (Lipinski definition) is 1. The van der Waals surface area contributed by atoms with E-state index in [4.69, 9.17) is 0 Å². The molecular weight excluding hydrogens is 423 g/mol. The van der Waals surface area contributed by atoms with Crippen molar-refractivity contribution in [1.29, 1.82) is 0 Å². The molecule has 0 bridgehead atoms. The molecule has 3 atom stereocenters. The summed E-state index contributed by atoms with van der Waals surface area (Å²) in [5.41, 5.74) is -0.609. The molecule has 1 fully saturated rings. The van der Waals surface area contributed by atoms with Crippen LogP contribution in [-0.4, -0.2) is 38.3 Å². The number of aromatic nitrogens is 2. The minimum Gasteiger partial charge on any atom is -0.502 e. The van der Waals surface area contributed by atoms with Crippen molar-refractivity contribution in [3.63, 3.8) is 0 Å². The summed E-state index contributed by atoms with van der Waals surface area (Å²) in [5.74, 6) is -3.97. The highest BCUT2D eigenvalue weighted by Gasteiger charge is 2.48. The van der Waals surface area contributed by atoms with Crippen molar-refractivity contribution >= 4 is 5.91 Å². The highest BCUT2D eigenvalue weighted by Crippen LogP contribution is 2.46. The summed E-state index contributed by atoms with van der Waals surface area (Å²) in [7, 11) is 0. The zero-order chi connectivity index (χ0) is 22.6. The van der Waals surface area contributed by atoms with Crippen LogP contribution in [0.2, 0.25) is 0 Å². The molecule has 32 heavy (non-hydrogen) atoms. The van der Waals surface area contributed by atoms with Crippen LogP contribution in [0.5, 0.6) is 5.75 Å². The molecule has 3 aromatic rings. The van der Waals surface area contributed by atoms with E-state index in [-0.39, 0.29) is 11.3 Å². The van der Waals surface area contributed by atoms with Crippen LogP contribution in [0.25, 0.3) is 0 Å². The average molecular weight is 441 g/mol. The van der Waals surface area contributed by atoms with Crippen molar-refractivity contribution in [2.75, 3.05) is 6.54 Å². The van der Waals surface area contributed by atoms with Gasteiger partial charge in [-0.2, -0.15) is 5.10 Å². The zero-order valence-electron chi connectivity index (χ0n) is 16.7. The topological polar surface area (TPSA) is 75.4 Å². The van der Waals surface area contributed by atoms with Gasteiger partial charge in [-0.05, 0) is 48.7 Å². The van der Waals surface area contributed by atoms with Gasteiger partial charge in [0.25, 0.3) is 5.91 Å². The Morgan fingerprint density at radius 3 is 2.50 bits per heavy atom. The van der Waals surface area contributed by atoms with E-state index in [0.717, 1.165) is 24.4 Å². The first kappa shape index (κ1) is 20.3. The molecule has 1 amide bonds. The molecule has 1 N–H and O–H groups in total. The Balaban J connectivity index is 1.81. The Hall–Kier alpha value is -3.62. The molecule has 3 heterocycles. The molecule has 9 heteroatoms. The number of carbonyl (C=O) groups excluding carboxylic acids is 1. The summed E-state index contributed by atoms with van der Waals surface area (Å²) >= 11 is 0. The van der Waals surface area contributed by atoms with Gasteiger partial charge in [-0.1, -0.05) is 12.1 Å². The molecule has 0 radical (unpaired) electrons. The van der Waals surface area contributed by atoms with Gasteiger partial charge < -0.3 is 10.0 Å². The third kappa shape index (κ3) is 3.07. The predicted octanol–water partition coefficient (Wildman–Crippen LogP) is 3.36. The number of nitrogens with zero attached hydrogens (tertiary/aromatic N) is 3. The van der Waals surface area contributed by atoms with Crippen LogP contribution in [0, 0.1) is 17.5 Å². The van der Waals surface area contributed by atoms with Crippen molar-refractivity contribution in [1.82, 2.24) is 14.7 Å². The van der Waals surface area contributed by atoms with Crippen LogP contribution in [0.4, 0.5) is 13.2 Å². The van der Waals surface area contributed by atoms with E-state index in [1.807, 2.05) is 0 Å². The first-order chi connectivity index (χ1) is 15.4. The monoisotopic (exact) mass is 441 g/mol. The summed E-state index contributed by atoms with van der Waals surface area (Å²) in [6.45, 7) is 0.393. The lowest BCUT2D eigenvalue weighted by atomic mass is 9.79. The van der Waals surface area contributed by atoms with Gasteiger partial charge in [-0.25, -0.2) is 13.2 Å². The van der Waals surface area contributed by atoms with Crippen molar-refractivity contribution in [3.05, 3.63) is 93.2 Å². The van der Waals surface area contributed by atoms with Gasteiger partial charge in [0, 0.05) is 18.0 Å². The van der Waals surface area contributed by atoms with Crippen LogP contribution < -0.4 is 5.43 Å². The number of aromatic hydroxyl groups is 1. The van der Waals surface area contributed by atoms with Crippen molar-refractivity contribution in [2.24, 2.45) is 0 Å². The van der Waals surface area contributed by atoms with Crippen LogP contribution in [-0.2, 0) is 0 Å². The normalized spacial score (nSPS) is 20.7. The molecule has 164 valence electrons. The van der Waals surface area contributed by atoms with E-state index >= 15 is 4.39 Å². The van der Waals surface area contributed by atoms with E-state index in [1.165, 1.54) is 33.8 Å². The van der Waals surface area contributed by atoms with E-state index in [2.05, 4.69) is 5.10 Å². The maximum atomic E-state index is 15.0. The van der Waals surface area contributed by atoms with Gasteiger partial charge in [-0.15, -0.1) is 0 Å². The van der Waals surface area contributed by atoms with E-state index in [1.54, 1.807) is 0 Å². The van der Waals surface area contributed by atoms with Crippen LogP contribution in [0.1, 0.15) is 46.4 Å². The third-order valence-electron chi connectivity index (χ3n) is 6.29. The number of rotatable bonds is 3. The summed E-state index contributed by atoms with van der Waals surface area (Å²) < 4.78 is 44.1. The molecule has 2 aromatic carbocycles. The second kappa shape index (κ2) is 7.51. The lowest BCUT2D eigenvalue weighted by Crippen LogP contribution is -2.51. The molecular formula is C23H18F3N3O3. The maximum Gasteiger partial charge on any atom is 0.276 e. The van der Waals surface area contributed by atoms with E-state index < -0.39 is 52.5 Å². The largest absolute Gasteiger partial charge is 0.502 e. The SMILES string of the molecule is O=C1c2c(O)c(=O)cnn2[C@@H]([C@H](c2ccc(F)cc2)c2cc(F)ccc2F)[C@H]2CCCN12. The second-order valence-electron chi connectivity index (χ2n) is 8.04. The van der Waals surface area contributed by atoms with Crippen LogP contribution >= 0.6 is 0 Å². The summed E-state index contributed by atoms with van der Waals surface area (Å²) in [5, 5.41) is 14.5. The average Bonchev–Trinajstić information content (AvgIpc) is 3.26. The van der Waals surface area contributed by atoms with Gasteiger partial charge in [0.2, 0.25) is 5.43 Å². The van der Waals surface area contributed by atoms with Gasteiger partial charge in [-0.3, -0.25) is 14.3 Å². The number of fused-ring (bicyclic) bond motifs is 2. The Morgan fingerprint density at radius 2 is 1.75 bits per heavy atom. The molecule has 0 unspecified atom stereocenters. The molecule has 0 aliphatic carbocycles. The lowest BCUT2D eigenvalue weighted by molar-refractivity contribution is 0.0564. The molecule has 0 saturated carbocycles. The predicted molar refractivity (Wildman–Crippen MR) is 108 cm³/mol. The van der Waals surface area contributed by atoms with Crippen molar-refractivity contribution in [3.8, 4) is 5.75 Å². The van der Waals surface area contributed by atoms with Crippen LogP contribution in [0.3, 0.4) is 0 Å². The summed E-state index contributed by atoms with van der Waals surface area (Å²) in [6, 6.07) is 7.26. The first-order valence-electron chi connectivity index (χ1n) is 10.2. The summed E-state index contributed by atoms with van der Waals surface area (Å²) in [4.78, 5) is 26.6. The number of halogens is 3. The number of hydrogen-bond acceptors (Lipinski definition) is 4. The second-order valence-corrected chi connectivity index (χ2v) is 8.04. The highest BCUT2D eigenvalue weighted by molar-refractivity contribution is 5.96. The fraction of sp³-hybridized carbons (Fsp3) is 0.261. The molecule has 5 rings (SSSR count). The van der Waals surface area contributed by atoms with Gasteiger partial charge in [0.15, 0.2) is 11.4 Å². The minimum atomic E-state index is -0.877. The van der Waals surface area contributed by atoms with Crippen molar-refractivity contribution < 1.29 is 23.1 Å². The highest BCUT2D eigenvalue weighted by atomic mass is 19.1. The Labute approximate surface area is 180 Å². The Kier molecular flexibility index (Phi) is 4.76.